The number of anilines is 1. The van der Waals surface area contributed by atoms with Gasteiger partial charge in [0.15, 0.2) is 5.60 Å². The van der Waals surface area contributed by atoms with Gasteiger partial charge in [0.25, 0.3) is 0 Å². The fraction of sp³-hybridized carbons (Fsp3) is 0.357. The topological polar surface area (TPSA) is 29.5 Å². The number of rotatable bonds is 2. The molecule has 1 atom stereocenters. The molecule has 1 amide bonds. The fourth-order valence-corrected chi connectivity index (χ4v) is 1.88. The summed E-state index contributed by atoms with van der Waals surface area (Å²) in [5.74, 6) is 0. The van der Waals surface area contributed by atoms with Crippen LogP contribution in [0, 0.1) is 6.92 Å². The molecular weight excluding hydrogens is 214 g/mol. The van der Waals surface area contributed by atoms with Gasteiger partial charge in [0.1, 0.15) is 0 Å². The first-order valence-electron chi connectivity index (χ1n) is 5.77. The average Bonchev–Trinajstić information content (AvgIpc) is 2.53. The SMILES string of the molecule is C=C1N(c2ccc(C)cc2)C(=O)OC1(C)CC. The number of aryl methyl sites for hydroxylation is 1. The number of amides is 1. The molecule has 0 aromatic heterocycles. The Morgan fingerprint density at radius 1 is 1.35 bits per heavy atom. The Kier molecular flexibility index (Phi) is 2.69. The molecule has 0 N–H and O–H groups in total. The molecule has 1 aromatic rings. The number of carbonyl (C=O) groups excluding carboxylic acids is 1. The molecule has 2 rings (SSSR count). The van der Waals surface area contributed by atoms with Gasteiger partial charge in [-0.1, -0.05) is 31.2 Å². The summed E-state index contributed by atoms with van der Waals surface area (Å²) < 4.78 is 5.39. The fourth-order valence-electron chi connectivity index (χ4n) is 1.88. The van der Waals surface area contributed by atoms with Crippen molar-refractivity contribution in [1.29, 1.82) is 0 Å². The maximum atomic E-state index is 11.9. The van der Waals surface area contributed by atoms with Gasteiger partial charge >= 0.3 is 6.09 Å². The molecule has 0 saturated carbocycles. The van der Waals surface area contributed by atoms with E-state index in [1.807, 2.05) is 45.0 Å². The number of benzene rings is 1. The van der Waals surface area contributed by atoms with Crippen LogP contribution >= 0.6 is 0 Å². The Morgan fingerprint density at radius 2 is 1.94 bits per heavy atom. The summed E-state index contributed by atoms with van der Waals surface area (Å²) >= 11 is 0. The number of nitrogens with zero attached hydrogens (tertiary/aromatic N) is 1. The molecule has 1 aliphatic rings. The van der Waals surface area contributed by atoms with Gasteiger partial charge < -0.3 is 4.74 Å². The molecule has 17 heavy (non-hydrogen) atoms. The summed E-state index contributed by atoms with van der Waals surface area (Å²) in [5, 5.41) is 0. The lowest BCUT2D eigenvalue weighted by atomic mass is 10.00. The first kappa shape index (κ1) is 11.7. The molecule has 1 fully saturated rings. The molecule has 1 heterocycles. The van der Waals surface area contributed by atoms with Crippen molar-refractivity contribution in [3.63, 3.8) is 0 Å². The molecule has 0 spiro atoms. The number of cyclic esters (lactones) is 1. The van der Waals surface area contributed by atoms with Crippen LogP contribution < -0.4 is 4.90 Å². The summed E-state index contributed by atoms with van der Waals surface area (Å²) in [4.78, 5) is 13.4. The van der Waals surface area contributed by atoms with Gasteiger partial charge in [-0.3, -0.25) is 0 Å². The van der Waals surface area contributed by atoms with Crippen LogP contribution in [0.1, 0.15) is 25.8 Å². The van der Waals surface area contributed by atoms with Crippen molar-refractivity contribution in [3.05, 3.63) is 42.1 Å². The highest BCUT2D eigenvalue weighted by molar-refractivity contribution is 5.94. The number of carbonyl (C=O) groups is 1. The van der Waals surface area contributed by atoms with Crippen molar-refractivity contribution in [1.82, 2.24) is 0 Å². The van der Waals surface area contributed by atoms with Crippen LogP contribution in [0.15, 0.2) is 36.5 Å². The van der Waals surface area contributed by atoms with E-state index in [1.54, 1.807) is 4.90 Å². The minimum atomic E-state index is -0.581. The molecule has 3 nitrogen and oxygen atoms in total. The van der Waals surface area contributed by atoms with Gasteiger partial charge in [-0.15, -0.1) is 0 Å². The van der Waals surface area contributed by atoms with Gasteiger partial charge in [-0.25, -0.2) is 9.69 Å². The lowest BCUT2D eigenvalue weighted by Gasteiger charge is -2.22. The molecule has 1 aliphatic heterocycles. The second-order valence-corrected chi connectivity index (χ2v) is 4.57. The molecule has 90 valence electrons. The Labute approximate surface area is 102 Å². The predicted molar refractivity (Wildman–Crippen MR) is 68.0 cm³/mol. The van der Waals surface area contributed by atoms with Crippen molar-refractivity contribution < 1.29 is 9.53 Å². The van der Waals surface area contributed by atoms with E-state index in [2.05, 4.69) is 6.58 Å². The van der Waals surface area contributed by atoms with Crippen molar-refractivity contribution in [3.8, 4) is 0 Å². The van der Waals surface area contributed by atoms with Crippen LogP contribution in [0.5, 0.6) is 0 Å². The van der Waals surface area contributed by atoms with Crippen molar-refractivity contribution >= 4 is 11.8 Å². The van der Waals surface area contributed by atoms with E-state index in [1.165, 1.54) is 0 Å². The van der Waals surface area contributed by atoms with Gasteiger partial charge in [0.05, 0.1) is 11.4 Å². The number of hydrogen-bond acceptors (Lipinski definition) is 2. The summed E-state index contributed by atoms with van der Waals surface area (Å²) in [7, 11) is 0. The standard InChI is InChI=1S/C14H17NO2/c1-5-14(4)11(3)15(13(16)17-14)12-8-6-10(2)7-9-12/h6-9H,3,5H2,1-2,4H3. The monoisotopic (exact) mass is 231 g/mol. The highest BCUT2D eigenvalue weighted by Crippen LogP contribution is 2.37. The molecule has 1 aromatic carbocycles. The van der Waals surface area contributed by atoms with Crippen LogP contribution in [-0.2, 0) is 4.74 Å². The van der Waals surface area contributed by atoms with E-state index >= 15 is 0 Å². The van der Waals surface area contributed by atoms with Gasteiger partial charge in [0, 0.05) is 0 Å². The largest absolute Gasteiger partial charge is 0.436 e. The molecule has 0 bridgehead atoms. The third-order valence-corrected chi connectivity index (χ3v) is 3.34. The van der Waals surface area contributed by atoms with Crippen molar-refractivity contribution in [2.24, 2.45) is 0 Å². The zero-order valence-corrected chi connectivity index (χ0v) is 10.5. The first-order chi connectivity index (χ1) is 7.98. The van der Waals surface area contributed by atoms with E-state index in [4.69, 9.17) is 4.74 Å². The molecule has 1 unspecified atom stereocenters. The zero-order chi connectivity index (χ0) is 12.6. The molecular formula is C14H17NO2. The van der Waals surface area contributed by atoms with Crippen LogP contribution in [-0.4, -0.2) is 11.7 Å². The van der Waals surface area contributed by atoms with Gasteiger partial charge in [0.2, 0.25) is 0 Å². The second-order valence-electron chi connectivity index (χ2n) is 4.57. The van der Waals surface area contributed by atoms with Crippen LogP contribution in [0.4, 0.5) is 10.5 Å². The lowest BCUT2D eigenvalue weighted by molar-refractivity contribution is 0.0823. The maximum absolute atomic E-state index is 11.9. The van der Waals surface area contributed by atoms with Crippen molar-refractivity contribution in [2.45, 2.75) is 32.8 Å². The van der Waals surface area contributed by atoms with E-state index in [-0.39, 0.29) is 6.09 Å². The van der Waals surface area contributed by atoms with E-state index < -0.39 is 5.60 Å². The maximum Gasteiger partial charge on any atom is 0.419 e. The normalized spacial score (nSPS) is 24.1. The van der Waals surface area contributed by atoms with Gasteiger partial charge in [-0.2, -0.15) is 0 Å². The number of ether oxygens (including phenoxy) is 1. The number of hydrogen-bond donors (Lipinski definition) is 0. The zero-order valence-electron chi connectivity index (χ0n) is 10.5. The highest BCUT2D eigenvalue weighted by atomic mass is 16.6. The van der Waals surface area contributed by atoms with Crippen LogP contribution in [0.2, 0.25) is 0 Å². The van der Waals surface area contributed by atoms with E-state index in [9.17, 15) is 4.79 Å². The summed E-state index contributed by atoms with van der Waals surface area (Å²) in [5.41, 5.74) is 2.09. The summed E-state index contributed by atoms with van der Waals surface area (Å²) in [6, 6.07) is 7.75. The Bertz CT molecular complexity index is 464. The van der Waals surface area contributed by atoms with Crippen LogP contribution in [0.25, 0.3) is 0 Å². The Morgan fingerprint density at radius 3 is 2.41 bits per heavy atom. The Balaban J connectivity index is 2.37. The first-order valence-corrected chi connectivity index (χ1v) is 5.77. The average molecular weight is 231 g/mol. The molecule has 0 radical (unpaired) electrons. The van der Waals surface area contributed by atoms with Crippen LogP contribution in [0.3, 0.4) is 0 Å². The third-order valence-electron chi connectivity index (χ3n) is 3.34. The van der Waals surface area contributed by atoms with E-state index in [0.717, 1.165) is 17.7 Å². The Hall–Kier alpha value is -1.77. The quantitative estimate of drug-likeness (QED) is 0.777. The highest BCUT2D eigenvalue weighted by Gasteiger charge is 2.44. The summed E-state index contributed by atoms with van der Waals surface area (Å²) in [6.07, 6.45) is 0.378. The molecule has 0 aliphatic carbocycles. The molecule has 1 saturated heterocycles. The molecule has 3 heteroatoms. The smallest absolute Gasteiger partial charge is 0.419 e. The van der Waals surface area contributed by atoms with Gasteiger partial charge in [-0.05, 0) is 32.4 Å². The lowest BCUT2D eigenvalue weighted by Crippen LogP contribution is -2.27. The minimum absolute atomic E-state index is 0.344. The van der Waals surface area contributed by atoms with Crippen molar-refractivity contribution in [2.75, 3.05) is 4.90 Å². The minimum Gasteiger partial charge on any atom is -0.436 e. The van der Waals surface area contributed by atoms with E-state index in [0.29, 0.717) is 5.70 Å². The third kappa shape index (κ3) is 1.82. The summed E-state index contributed by atoms with van der Waals surface area (Å²) in [6.45, 7) is 9.87. The predicted octanol–water partition coefficient (Wildman–Crippen LogP) is 3.63. The second kappa shape index (κ2) is 3.91.